The van der Waals surface area contributed by atoms with Crippen LogP contribution in [0.1, 0.15) is 20.8 Å². The monoisotopic (exact) mass is 420 g/mol. The standard InChI is InChI=1S/C20H24N2O6S/c1-13(23)22-12-20(2,3)28-19-9-7-15(11-17(19)22)29(24,25)21-16-10-14(26-4)6-8-18(16)27-5/h6-11,21H,12H2,1-5H3. The second kappa shape index (κ2) is 7.47. The third kappa shape index (κ3) is 4.24. The van der Waals surface area contributed by atoms with Crippen LogP contribution in [0.4, 0.5) is 11.4 Å². The minimum Gasteiger partial charge on any atom is -0.497 e. The van der Waals surface area contributed by atoms with E-state index in [1.807, 2.05) is 13.8 Å². The predicted molar refractivity (Wildman–Crippen MR) is 110 cm³/mol. The molecule has 0 saturated carbocycles. The van der Waals surface area contributed by atoms with Crippen LogP contribution >= 0.6 is 0 Å². The molecule has 0 spiro atoms. The summed E-state index contributed by atoms with van der Waals surface area (Å²) in [6, 6.07) is 9.23. The van der Waals surface area contributed by atoms with Crippen molar-refractivity contribution >= 4 is 27.3 Å². The molecular weight excluding hydrogens is 396 g/mol. The zero-order chi connectivity index (χ0) is 21.4. The predicted octanol–water partition coefficient (Wildman–Crippen LogP) is 3.03. The van der Waals surface area contributed by atoms with E-state index in [9.17, 15) is 13.2 Å². The maximum absolute atomic E-state index is 13.0. The average Bonchev–Trinajstić information content (AvgIpc) is 2.65. The summed E-state index contributed by atoms with van der Waals surface area (Å²) in [5.41, 5.74) is 0.0772. The van der Waals surface area contributed by atoms with Gasteiger partial charge in [0.25, 0.3) is 10.0 Å². The zero-order valence-electron chi connectivity index (χ0n) is 17.0. The number of benzene rings is 2. The van der Waals surface area contributed by atoms with Crippen molar-refractivity contribution in [3.8, 4) is 17.2 Å². The van der Waals surface area contributed by atoms with Gasteiger partial charge in [-0.2, -0.15) is 0 Å². The Hall–Kier alpha value is -2.94. The second-order valence-electron chi connectivity index (χ2n) is 7.27. The summed E-state index contributed by atoms with van der Waals surface area (Å²) in [5.74, 6) is 1.09. The number of carbonyl (C=O) groups excluding carboxylic acids is 1. The fourth-order valence-electron chi connectivity index (χ4n) is 3.14. The first kappa shape index (κ1) is 20.8. The Morgan fingerprint density at radius 1 is 1.14 bits per heavy atom. The highest BCUT2D eigenvalue weighted by molar-refractivity contribution is 7.92. The van der Waals surface area contributed by atoms with Gasteiger partial charge in [0, 0.05) is 13.0 Å². The minimum atomic E-state index is -3.96. The van der Waals surface area contributed by atoms with E-state index >= 15 is 0 Å². The highest BCUT2D eigenvalue weighted by atomic mass is 32.2. The van der Waals surface area contributed by atoms with Gasteiger partial charge in [0.05, 0.1) is 37.0 Å². The number of nitrogens with zero attached hydrogens (tertiary/aromatic N) is 1. The van der Waals surface area contributed by atoms with Gasteiger partial charge in [-0.1, -0.05) is 0 Å². The third-order valence-electron chi connectivity index (χ3n) is 4.49. The van der Waals surface area contributed by atoms with Crippen LogP contribution < -0.4 is 23.8 Å². The molecule has 0 aliphatic carbocycles. The molecule has 0 radical (unpaired) electrons. The van der Waals surface area contributed by atoms with Crippen LogP contribution in [-0.4, -0.2) is 40.7 Å². The van der Waals surface area contributed by atoms with E-state index in [2.05, 4.69) is 4.72 Å². The van der Waals surface area contributed by atoms with Crippen LogP contribution in [0.5, 0.6) is 17.2 Å². The SMILES string of the molecule is COc1ccc(OC)c(NS(=O)(=O)c2ccc3c(c2)N(C(C)=O)CC(C)(C)O3)c1. The average molecular weight is 420 g/mol. The molecule has 1 N–H and O–H groups in total. The van der Waals surface area contributed by atoms with Crippen LogP contribution in [0, 0.1) is 0 Å². The quantitative estimate of drug-likeness (QED) is 0.799. The van der Waals surface area contributed by atoms with E-state index in [4.69, 9.17) is 14.2 Å². The molecule has 0 atom stereocenters. The molecule has 1 aliphatic rings. The number of nitrogens with one attached hydrogen (secondary N) is 1. The zero-order valence-corrected chi connectivity index (χ0v) is 17.8. The van der Waals surface area contributed by atoms with Crippen molar-refractivity contribution in [2.24, 2.45) is 0 Å². The molecule has 0 unspecified atom stereocenters. The van der Waals surface area contributed by atoms with E-state index < -0.39 is 15.6 Å². The molecule has 1 heterocycles. The molecule has 3 rings (SSSR count). The Labute approximate surface area is 170 Å². The van der Waals surface area contributed by atoms with Crippen molar-refractivity contribution in [3.63, 3.8) is 0 Å². The Morgan fingerprint density at radius 3 is 2.48 bits per heavy atom. The van der Waals surface area contributed by atoms with Gasteiger partial charge in [-0.05, 0) is 44.2 Å². The van der Waals surface area contributed by atoms with Crippen molar-refractivity contribution in [2.75, 3.05) is 30.4 Å². The number of ether oxygens (including phenoxy) is 3. The maximum atomic E-state index is 13.0. The molecule has 29 heavy (non-hydrogen) atoms. The number of anilines is 2. The van der Waals surface area contributed by atoms with E-state index in [1.54, 1.807) is 18.2 Å². The Balaban J connectivity index is 2.01. The Bertz CT molecular complexity index is 1050. The fraction of sp³-hybridized carbons (Fsp3) is 0.350. The topological polar surface area (TPSA) is 94.2 Å². The second-order valence-corrected chi connectivity index (χ2v) is 8.95. The van der Waals surface area contributed by atoms with Gasteiger partial charge in [-0.15, -0.1) is 0 Å². The highest BCUT2D eigenvalue weighted by Crippen LogP contribution is 2.39. The minimum absolute atomic E-state index is 0.00400. The van der Waals surface area contributed by atoms with Gasteiger partial charge in [-0.3, -0.25) is 9.52 Å². The number of fused-ring (bicyclic) bond motifs is 1. The number of carbonyl (C=O) groups is 1. The first-order valence-corrected chi connectivity index (χ1v) is 10.4. The molecule has 1 aliphatic heterocycles. The Kier molecular flexibility index (Phi) is 5.36. The molecule has 2 aromatic carbocycles. The normalized spacial score (nSPS) is 15.1. The molecule has 2 aromatic rings. The fourth-order valence-corrected chi connectivity index (χ4v) is 4.22. The summed E-state index contributed by atoms with van der Waals surface area (Å²) in [4.78, 5) is 13.6. The summed E-state index contributed by atoms with van der Waals surface area (Å²) in [7, 11) is -1.03. The van der Waals surface area contributed by atoms with Crippen molar-refractivity contribution in [2.45, 2.75) is 31.3 Å². The first-order valence-electron chi connectivity index (χ1n) is 8.92. The summed E-state index contributed by atoms with van der Waals surface area (Å²) >= 11 is 0. The summed E-state index contributed by atoms with van der Waals surface area (Å²) in [5, 5.41) is 0. The number of methoxy groups -OCH3 is 2. The highest BCUT2D eigenvalue weighted by Gasteiger charge is 2.34. The van der Waals surface area contributed by atoms with Gasteiger partial charge >= 0.3 is 0 Å². The lowest BCUT2D eigenvalue weighted by Crippen LogP contribution is -2.48. The number of amides is 1. The van der Waals surface area contributed by atoms with Gasteiger partial charge in [0.15, 0.2) is 0 Å². The third-order valence-corrected chi connectivity index (χ3v) is 5.85. The van der Waals surface area contributed by atoms with Crippen LogP contribution in [0.25, 0.3) is 0 Å². The maximum Gasteiger partial charge on any atom is 0.262 e. The summed E-state index contributed by atoms with van der Waals surface area (Å²) in [6.07, 6.45) is 0. The van der Waals surface area contributed by atoms with Gasteiger partial charge in [0.1, 0.15) is 22.8 Å². The van der Waals surface area contributed by atoms with Gasteiger partial charge in [-0.25, -0.2) is 8.42 Å². The molecule has 9 heteroatoms. The summed E-state index contributed by atoms with van der Waals surface area (Å²) < 4.78 is 44.8. The molecule has 0 bridgehead atoms. The number of rotatable bonds is 5. The van der Waals surface area contributed by atoms with E-state index in [0.29, 0.717) is 29.5 Å². The molecular formula is C20H24N2O6S. The van der Waals surface area contributed by atoms with Gasteiger partial charge < -0.3 is 19.1 Å². The van der Waals surface area contributed by atoms with Crippen molar-refractivity contribution in [3.05, 3.63) is 36.4 Å². The largest absolute Gasteiger partial charge is 0.497 e. The number of hydrogen-bond acceptors (Lipinski definition) is 6. The molecule has 156 valence electrons. The molecule has 8 nitrogen and oxygen atoms in total. The van der Waals surface area contributed by atoms with Crippen molar-refractivity contribution < 1.29 is 27.4 Å². The molecule has 0 saturated heterocycles. The van der Waals surface area contributed by atoms with E-state index in [0.717, 1.165) is 0 Å². The lowest BCUT2D eigenvalue weighted by atomic mass is 10.1. The van der Waals surface area contributed by atoms with Crippen molar-refractivity contribution in [1.29, 1.82) is 0 Å². The summed E-state index contributed by atoms with van der Waals surface area (Å²) in [6.45, 7) is 5.49. The Morgan fingerprint density at radius 2 is 1.86 bits per heavy atom. The number of hydrogen-bond donors (Lipinski definition) is 1. The molecule has 0 aromatic heterocycles. The van der Waals surface area contributed by atoms with Crippen LogP contribution in [0.15, 0.2) is 41.3 Å². The molecule has 1 amide bonds. The van der Waals surface area contributed by atoms with Gasteiger partial charge in [0.2, 0.25) is 5.91 Å². The lowest BCUT2D eigenvalue weighted by Gasteiger charge is -2.39. The van der Waals surface area contributed by atoms with Crippen LogP contribution in [0.3, 0.4) is 0 Å². The van der Waals surface area contributed by atoms with Crippen molar-refractivity contribution in [1.82, 2.24) is 0 Å². The smallest absolute Gasteiger partial charge is 0.262 e. The van der Waals surface area contributed by atoms with Crippen LogP contribution in [-0.2, 0) is 14.8 Å². The lowest BCUT2D eigenvalue weighted by molar-refractivity contribution is -0.117. The first-order chi connectivity index (χ1) is 13.6. The number of sulfonamides is 1. The van der Waals surface area contributed by atoms with E-state index in [-0.39, 0.29) is 16.5 Å². The molecule has 0 fully saturated rings. The van der Waals surface area contributed by atoms with E-state index in [1.165, 1.54) is 44.2 Å². The van der Waals surface area contributed by atoms with Crippen LogP contribution in [0.2, 0.25) is 0 Å².